The van der Waals surface area contributed by atoms with Crippen LogP contribution >= 0.6 is 0 Å². The first-order valence-corrected chi connectivity index (χ1v) is 5.98. The van der Waals surface area contributed by atoms with Crippen molar-refractivity contribution in [3.05, 3.63) is 53.9 Å². The Morgan fingerprint density at radius 3 is 2.39 bits per heavy atom. The fraction of sp³-hybridized carbons (Fsp3) is 0.250. The summed E-state index contributed by atoms with van der Waals surface area (Å²) in [4.78, 5) is 4.50. The number of nitrogens with zero attached hydrogens (tertiary/aromatic N) is 2. The standard InChI is InChI=1S/C16H16N2/c1-16(2,3)15-8-7-14(11-18-15)13-6-4-5-12(9-13)10-17/h4-9,11H,1-3H3. The Hall–Kier alpha value is -2.14. The van der Waals surface area contributed by atoms with Crippen molar-refractivity contribution < 1.29 is 0 Å². The summed E-state index contributed by atoms with van der Waals surface area (Å²) in [5.41, 5.74) is 3.88. The lowest BCUT2D eigenvalue weighted by Gasteiger charge is -2.17. The molecule has 0 saturated carbocycles. The van der Waals surface area contributed by atoms with Crippen LogP contribution in [0.1, 0.15) is 32.0 Å². The average Bonchev–Trinajstić information content (AvgIpc) is 2.38. The third kappa shape index (κ3) is 2.57. The highest BCUT2D eigenvalue weighted by Gasteiger charge is 2.14. The van der Waals surface area contributed by atoms with Crippen LogP contribution in [0.4, 0.5) is 0 Å². The van der Waals surface area contributed by atoms with Crippen LogP contribution in [-0.4, -0.2) is 4.98 Å². The van der Waals surface area contributed by atoms with Crippen molar-refractivity contribution in [1.29, 1.82) is 5.26 Å². The molecule has 0 unspecified atom stereocenters. The van der Waals surface area contributed by atoms with E-state index in [9.17, 15) is 0 Å². The lowest BCUT2D eigenvalue weighted by atomic mass is 9.91. The summed E-state index contributed by atoms with van der Waals surface area (Å²) >= 11 is 0. The summed E-state index contributed by atoms with van der Waals surface area (Å²) in [5.74, 6) is 0. The Bertz CT molecular complexity index is 584. The molecule has 0 saturated heterocycles. The Balaban J connectivity index is 2.38. The van der Waals surface area contributed by atoms with Crippen molar-refractivity contribution in [2.45, 2.75) is 26.2 Å². The molecular formula is C16H16N2. The SMILES string of the molecule is CC(C)(C)c1ccc(-c2cccc(C#N)c2)cn1. The van der Waals surface area contributed by atoms with Crippen molar-refractivity contribution in [2.24, 2.45) is 0 Å². The second-order valence-corrected chi connectivity index (χ2v) is 5.37. The molecule has 0 aliphatic heterocycles. The van der Waals surface area contributed by atoms with Crippen LogP contribution in [0.5, 0.6) is 0 Å². The van der Waals surface area contributed by atoms with E-state index >= 15 is 0 Å². The number of aromatic nitrogens is 1. The van der Waals surface area contributed by atoms with Gasteiger partial charge in [0.25, 0.3) is 0 Å². The Labute approximate surface area is 108 Å². The van der Waals surface area contributed by atoms with Gasteiger partial charge in [0, 0.05) is 22.9 Å². The molecule has 90 valence electrons. The van der Waals surface area contributed by atoms with E-state index in [1.165, 1.54) is 0 Å². The van der Waals surface area contributed by atoms with Gasteiger partial charge in [0.15, 0.2) is 0 Å². The quantitative estimate of drug-likeness (QED) is 0.752. The first-order chi connectivity index (χ1) is 8.50. The maximum atomic E-state index is 8.89. The molecule has 18 heavy (non-hydrogen) atoms. The van der Waals surface area contributed by atoms with E-state index in [1.807, 2.05) is 30.5 Å². The van der Waals surface area contributed by atoms with E-state index in [1.54, 1.807) is 6.07 Å². The summed E-state index contributed by atoms with van der Waals surface area (Å²) < 4.78 is 0. The highest BCUT2D eigenvalue weighted by atomic mass is 14.7. The monoisotopic (exact) mass is 236 g/mol. The molecule has 0 bridgehead atoms. The molecule has 1 heterocycles. The van der Waals surface area contributed by atoms with Crippen LogP contribution in [0.3, 0.4) is 0 Å². The van der Waals surface area contributed by atoms with Gasteiger partial charge in [0.05, 0.1) is 11.6 Å². The molecule has 0 radical (unpaired) electrons. The molecule has 2 heteroatoms. The number of hydrogen-bond donors (Lipinski definition) is 0. The minimum atomic E-state index is 0.0625. The molecule has 0 spiro atoms. The van der Waals surface area contributed by atoms with E-state index in [2.05, 4.69) is 37.9 Å². The Morgan fingerprint density at radius 2 is 1.83 bits per heavy atom. The Morgan fingerprint density at radius 1 is 1.06 bits per heavy atom. The molecule has 0 aliphatic rings. The molecule has 2 rings (SSSR count). The van der Waals surface area contributed by atoms with Gasteiger partial charge >= 0.3 is 0 Å². The third-order valence-corrected chi connectivity index (χ3v) is 2.86. The molecule has 2 aromatic rings. The van der Waals surface area contributed by atoms with Crippen LogP contribution < -0.4 is 0 Å². The second-order valence-electron chi connectivity index (χ2n) is 5.37. The lowest BCUT2D eigenvalue weighted by molar-refractivity contribution is 0.569. The van der Waals surface area contributed by atoms with Gasteiger partial charge in [0.2, 0.25) is 0 Å². The molecule has 0 atom stereocenters. The van der Waals surface area contributed by atoms with E-state index in [0.29, 0.717) is 5.56 Å². The predicted molar refractivity (Wildman–Crippen MR) is 73.1 cm³/mol. The lowest BCUT2D eigenvalue weighted by Crippen LogP contribution is -2.12. The highest BCUT2D eigenvalue weighted by Crippen LogP contribution is 2.24. The smallest absolute Gasteiger partial charge is 0.0991 e. The summed E-state index contributed by atoms with van der Waals surface area (Å²) in [5, 5.41) is 8.89. The third-order valence-electron chi connectivity index (χ3n) is 2.86. The van der Waals surface area contributed by atoms with Gasteiger partial charge in [0.1, 0.15) is 0 Å². The van der Waals surface area contributed by atoms with Crippen molar-refractivity contribution >= 4 is 0 Å². The highest BCUT2D eigenvalue weighted by molar-refractivity contribution is 5.64. The molecule has 2 nitrogen and oxygen atoms in total. The van der Waals surface area contributed by atoms with E-state index in [0.717, 1.165) is 16.8 Å². The molecule has 0 aliphatic carbocycles. The van der Waals surface area contributed by atoms with Gasteiger partial charge in [-0.15, -0.1) is 0 Å². The first-order valence-electron chi connectivity index (χ1n) is 5.98. The van der Waals surface area contributed by atoms with Crippen molar-refractivity contribution in [2.75, 3.05) is 0 Å². The maximum absolute atomic E-state index is 8.89. The fourth-order valence-electron chi connectivity index (χ4n) is 1.78. The topological polar surface area (TPSA) is 36.7 Å². The van der Waals surface area contributed by atoms with Crippen LogP contribution in [0.2, 0.25) is 0 Å². The van der Waals surface area contributed by atoms with Crippen LogP contribution in [0.15, 0.2) is 42.6 Å². The minimum absolute atomic E-state index is 0.0625. The largest absolute Gasteiger partial charge is 0.260 e. The summed E-state index contributed by atoms with van der Waals surface area (Å²) in [6.07, 6.45) is 1.87. The van der Waals surface area contributed by atoms with Crippen LogP contribution in [-0.2, 0) is 5.41 Å². The number of pyridine rings is 1. The number of rotatable bonds is 1. The number of hydrogen-bond acceptors (Lipinski definition) is 2. The van der Waals surface area contributed by atoms with Gasteiger partial charge in [-0.05, 0) is 23.8 Å². The predicted octanol–water partition coefficient (Wildman–Crippen LogP) is 3.92. The van der Waals surface area contributed by atoms with Crippen LogP contribution in [0.25, 0.3) is 11.1 Å². The van der Waals surface area contributed by atoms with Gasteiger partial charge < -0.3 is 0 Å². The average molecular weight is 236 g/mol. The normalized spacial score (nSPS) is 11.0. The molecule has 0 fully saturated rings. The summed E-state index contributed by atoms with van der Waals surface area (Å²) in [7, 11) is 0. The summed E-state index contributed by atoms with van der Waals surface area (Å²) in [6, 6.07) is 13.8. The summed E-state index contributed by atoms with van der Waals surface area (Å²) in [6.45, 7) is 6.43. The zero-order chi connectivity index (χ0) is 13.2. The number of benzene rings is 1. The zero-order valence-corrected chi connectivity index (χ0v) is 10.9. The molecule has 1 aromatic carbocycles. The fourth-order valence-corrected chi connectivity index (χ4v) is 1.78. The Kier molecular flexibility index (Phi) is 3.16. The van der Waals surface area contributed by atoms with Gasteiger partial charge in [-0.2, -0.15) is 5.26 Å². The van der Waals surface area contributed by atoms with Gasteiger partial charge in [-0.1, -0.05) is 39.0 Å². The molecule has 0 amide bonds. The number of nitriles is 1. The van der Waals surface area contributed by atoms with E-state index in [4.69, 9.17) is 5.26 Å². The second kappa shape index (κ2) is 4.62. The van der Waals surface area contributed by atoms with Gasteiger partial charge in [-0.25, -0.2) is 0 Å². The minimum Gasteiger partial charge on any atom is -0.260 e. The van der Waals surface area contributed by atoms with Crippen molar-refractivity contribution in [1.82, 2.24) is 4.98 Å². The van der Waals surface area contributed by atoms with E-state index < -0.39 is 0 Å². The zero-order valence-electron chi connectivity index (χ0n) is 10.9. The molecule has 0 N–H and O–H groups in total. The molecule has 1 aromatic heterocycles. The maximum Gasteiger partial charge on any atom is 0.0991 e. The van der Waals surface area contributed by atoms with Crippen LogP contribution in [0, 0.1) is 11.3 Å². The van der Waals surface area contributed by atoms with Gasteiger partial charge in [-0.3, -0.25) is 4.98 Å². The first kappa shape index (κ1) is 12.3. The van der Waals surface area contributed by atoms with Crippen molar-refractivity contribution in [3.63, 3.8) is 0 Å². The molecular weight excluding hydrogens is 220 g/mol. The van der Waals surface area contributed by atoms with E-state index in [-0.39, 0.29) is 5.41 Å². The van der Waals surface area contributed by atoms with Crippen molar-refractivity contribution in [3.8, 4) is 17.2 Å².